The first-order chi connectivity index (χ1) is 19.2. The molecule has 0 bridgehead atoms. The SMILES string of the molecule is O=[P@]1(OC[C@@H](O)[C@H]2O[C@H](O[PH]3(O)OCC[C@H](c4ccncc4)O3)[C@@H](O)[C@@H](O)[C@@H]2O)OCC[C@@H](c2ccncc2)O1. The van der Waals surface area contributed by atoms with Gasteiger partial charge >= 0.3 is 212 Å². The molecule has 2 aromatic rings. The monoisotopic (exact) mass is 606 g/mol. The number of hydrogen-bond acceptors (Lipinski definition) is 15. The summed E-state index contributed by atoms with van der Waals surface area (Å²) >= 11 is 0. The van der Waals surface area contributed by atoms with Gasteiger partial charge in [-0.25, -0.2) is 0 Å². The summed E-state index contributed by atoms with van der Waals surface area (Å²) < 4.78 is 51.1. The zero-order chi connectivity index (χ0) is 28.3. The van der Waals surface area contributed by atoms with Crippen molar-refractivity contribution < 1.29 is 61.8 Å². The second kappa shape index (κ2) is 12.8. The van der Waals surface area contributed by atoms with Gasteiger partial charge < -0.3 is 0 Å². The van der Waals surface area contributed by atoms with Crippen molar-refractivity contribution in [1.29, 1.82) is 0 Å². The number of aromatic nitrogens is 2. The molecule has 0 unspecified atom stereocenters. The summed E-state index contributed by atoms with van der Waals surface area (Å²) in [6, 6.07) is 6.80. The maximum absolute atomic E-state index is 13.0. The molecule has 0 saturated carbocycles. The van der Waals surface area contributed by atoms with Gasteiger partial charge in [-0.1, -0.05) is 0 Å². The first-order valence-electron chi connectivity index (χ1n) is 12.6. The van der Waals surface area contributed by atoms with Gasteiger partial charge in [0.25, 0.3) is 0 Å². The van der Waals surface area contributed by atoms with Gasteiger partial charge in [0, 0.05) is 12.4 Å². The Morgan fingerprint density at radius 2 is 1.57 bits per heavy atom. The number of ether oxygens (including phenoxy) is 1. The summed E-state index contributed by atoms with van der Waals surface area (Å²) in [5, 5.41) is 42.1. The van der Waals surface area contributed by atoms with Crippen LogP contribution < -0.4 is 0 Å². The van der Waals surface area contributed by atoms with Crippen molar-refractivity contribution >= 4 is 16.0 Å². The van der Waals surface area contributed by atoms with Crippen LogP contribution in [-0.4, -0.2) is 91.9 Å². The van der Waals surface area contributed by atoms with Crippen molar-refractivity contribution in [3.05, 3.63) is 60.2 Å². The fraction of sp³-hybridized carbons (Fsp3) is 0.565. The van der Waals surface area contributed by atoms with E-state index in [2.05, 4.69) is 9.97 Å². The van der Waals surface area contributed by atoms with E-state index in [-0.39, 0.29) is 13.2 Å². The van der Waals surface area contributed by atoms with Crippen molar-refractivity contribution in [1.82, 2.24) is 9.97 Å². The normalized spacial score (nSPS) is 37.9. The number of pyridine rings is 2. The molecular formula is C23H32N2O13P2. The Hall–Kier alpha value is -1.52. The van der Waals surface area contributed by atoms with E-state index >= 15 is 0 Å². The molecule has 5 heterocycles. The molecular weight excluding hydrogens is 574 g/mol. The number of aliphatic hydroxyl groups is 4. The van der Waals surface area contributed by atoms with Crippen LogP contribution in [0, 0.1) is 0 Å². The van der Waals surface area contributed by atoms with E-state index in [4.69, 9.17) is 31.9 Å². The fourth-order valence-electron chi connectivity index (χ4n) is 4.52. The van der Waals surface area contributed by atoms with Crippen LogP contribution in [0.25, 0.3) is 0 Å². The van der Waals surface area contributed by atoms with Crippen molar-refractivity contribution in [3.63, 3.8) is 0 Å². The molecule has 0 aromatic carbocycles. The zero-order valence-electron chi connectivity index (χ0n) is 21.1. The van der Waals surface area contributed by atoms with Crippen molar-refractivity contribution in [2.45, 2.75) is 61.9 Å². The second-order valence-corrected chi connectivity index (χ2v) is 12.8. The van der Waals surface area contributed by atoms with Crippen molar-refractivity contribution in [2.24, 2.45) is 0 Å². The van der Waals surface area contributed by atoms with Gasteiger partial charge in [-0.05, 0) is 0 Å². The third-order valence-corrected chi connectivity index (χ3v) is 9.81. The summed E-state index contributed by atoms with van der Waals surface area (Å²) in [5.41, 5.74) is 1.43. The summed E-state index contributed by atoms with van der Waals surface area (Å²) in [4.78, 5) is 18.8. The summed E-state index contributed by atoms with van der Waals surface area (Å²) in [6.07, 6.45) is -4.69. The second-order valence-electron chi connectivity index (χ2n) is 9.41. The minimum atomic E-state index is -4.42. The molecule has 5 rings (SSSR count). The van der Waals surface area contributed by atoms with Crippen LogP contribution in [0.2, 0.25) is 0 Å². The van der Waals surface area contributed by atoms with E-state index in [1.807, 2.05) is 0 Å². The Morgan fingerprint density at radius 1 is 0.950 bits per heavy atom. The van der Waals surface area contributed by atoms with Gasteiger partial charge in [0.05, 0.1) is 0 Å². The minimum absolute atomic E-state index is 0.0629. The van der Waals surface area contributed by atoms with Crippen LogP contribution in [0.15, 0.2) is 49.1 Å². The van der Waals surface area contributed by atoms with Gasteiger partial charge in [-0.2, -0.15) is 0 Å². The number of nitrogens with zero attached hydrogens (tertiary/aromatic N) is 2. The van der Waals surface area contributed by atoms with E-state index < -0.39 is 71.6 Å². The summed E-state index contributed by atoms with van der Waals surface area (Å²) in [6.45, 7) is -0.566. The van der Waals surface area contributed by atoms with E-state index in [9.17, 15) is 29.9 Å². The van der Waals surface area contributed by atoms with Crippen LogP contribution in [0.1, 0.15) is 36.2 Å². The number of rotatable bonds is 8. The zero-order valence-corrected chi connectivity index (χ0v) is 23.0. The third kappa shape index (κ3) is 6.92. The number of phosphoric acid groups is 1. The van der Waals surface area contributed by atoms with Gasteiger partial charge in [0.1, 0.15) is 0 Å². The summed E-state index contributed by atoms with van der Waals surface area (Å²) in [7, 11) is -8.54. The van der Waals surface area contributed by atoms with Crippen LogP contribution in [0.4, 0.5) is 0 Å². The standard InChI is InChI=1S/C23H32N2O13P2/c26-16(13-34-39(30)32-11-5-17(36-39)14-1-7-24-8-2-14)22-20(28)19(27)21(29)23(35-22)38-40(31)33-12-6-18(37-40)15-3-9-25-10-4-15/h1-4,7-10,16-23,26-29,31,40H,5-6,11-13H2/t16-,17+,18-,19+,20+,21+,22-,23-,39-/m1/s1. The maximum atomic E-state index is 13.0. The Balaban J connectivity index is 1.21. The number of phosphoric ester groups is 1. The molecule has 9 atom stereocenters. The third-order valence-electron chi connectivity index (χ3n) is 6.65. The molecule has 5 N–H and O–H groups in total. The Morgan fingerprint density at radius 3 is 2.25 bits per heavy atom. The topological polar surface area (TPSA) is 209 Å². The molecule has 40 heavy (non-hydrogen) atoms. The van der Waals surface area contributed by atoms with Gasteiger partial charge in [0.15, 0.2) is 0 Å². The van der Waals surface area contributed by atoms with Crippen LogP contribution in [-0.2, 0) is 36.4 Å². The van der Waals surface area contributed by atoms with E-state index in [0.29, 0.717) is 24.0 Å². The summed E-state index contributed by atoms with van der Waals surface area (Å²) in [5.74, 6) is 0. The first-order valence-corrected chi connectivity index (χ1v) is 15.8. The molecule has 0 amide bonds. The molecule has 0 spiro atoms. The molecule has 17 heteroatoms. The van der Waals surface area contributed by atoms with E-state index in [1.54, 1.807) is 49.1 Å². The van der Waals surface area contributed by atoms with Gasteiger partial charge in [0.2, 0.25) is 0 Å². The molecule has 3 saturated heterocycles. The van der Waals surface area contributed by atoms with E-state index in [1.165, 1.54) is 0 Å². The quantitative estimate of drug-likeness (QED) is 0.264. The Kier molecular flexibility index (Phi) is 9.57. The number of hydrogen-bond donors (Lipinski definition) is 5. The molecule has 222 valence electrons. The molecule has 0 aliphatic carbocycles. The molecule has 3 aliphatic rings. The molecule has 3 fully saturated rings. The Labute approximate surface area is 229 Å². The molecule has 15 nitrogen and oxygen atoms in total. The van der Waals surface area contributed by atoms with Crippen molar-refractivity contribution in [3.8, 4) is 0 Å². The molecule has 0 radical (unpaired) electrons. The van der Waals surface area contributed by atoms with Gasteiger partial charge in [-0.3, -0.25) is 4.98 Å². The van der Waals surface area contributed by atoms with Crippen LogP contribution >= 0.6 is 16.0 Å². The fourth-order valence-corrected chi connectivity index (χ4v) is 7.59. The number of aliphatic hydroxyl groups excluding tert-OH is 4. The van der Waals surface area contributed by atoms with Crippen LogP contribution in [0.3, 0.4) is 0 Å². The predicted molar refractivity (Wildman–Crippen MR) is 135 cm³/mol. The average molecular weight is 606 g/mol. The van der Waals surface area contributed by atoms with Gasteiger partial charge in [-0.15, -0.1) is 0 Å². The predicted octanol–water partition coefficient (Wildman–Crippen LogP) is 0.845. The Bertz CT molecular complexity index is 1150. The molecule has 2 aromatic heterocycles. The van der Waals surface area contributed by atoms with E-state index in [0.717, 1.165) is 0 Å². The first kappa shape index (κ1) is 30.0. The average Bonchev–Trinajstić information content (AvgIpc) is 2.97. The molecule has 3 aliphatic heterocycles. The van der Waals surface area contributed by atoms with Crippen molar-refractivity contribution in [2.75, 3.05) is 19.8 Å². The van der Waals surface area contributed by atoms with Crippen LogP contribution in [0.5, 0.6) is 0 Å².